The Kier molecular flexibility index (Phi) is 5.81. The minimum absolute atomic E-state index is 0.600. The monoisotopic (exact) mass is 615 g/mol. The fourth-order valence-electron chi connectivity index (χ4n) is 6.85. The SMILES string of the molecule is c1ccc(-c2nc(-c3ccccc3)nc(-c3cccc4oc5cc(-c6ccc7c(c6)oc6ccc8ccccc8c67)ccc5c34)n2)cc1. The van der Waals surface area contributed by atoms with Crippen LogP contribution in [0.5, 0.6) is 0 Å². The number of fused-ring (bicyclic) bond motifs is 8. The molecule has 5 heteroatoms. The predicted octanol–water partition coefficient (Wildman–Crippen LogP) is 11.5. The van der Waals surface area contributed by atoms with E-state index in [9.17, 15) is 0 Å². The highest BCUT2D eigenvalue weighted by molar-refractivity contribution is 6.19. The Morgan fingerprint density at radius 3 is 1.56 bits per heavy atom. The maximum atomic E-state index is 6.50. The van der Waals surface area contributed by atoms with Gasteiger partial charge in [0.1, 0.15) is 22.3 Å². The maximum absolute atomic E-state index is 6.50. The molecule has 3 heterocycles. The zero-order valence-electron chi connectivity index (χ0n) is 25.6. The van der Waals surface area contributed by atoms with Gasteiger partial charge in [-0.2, -0.15) is 0 Å². The van der Waals surface area contributed by atoms with Crippen molar-refractivity contribution >= 4 is 54.6 Å². The summed E-state index contributed by atoms with van der Waals surface area (Å²) in [5.41, 5.74) is 8.21. The Balaban J connectivity index is 1.12. The van der Waals surface area contributed by atoms with E-state index in [0.29, 0.717) is 17.5 Å². The maximum Gasteiger partial charge on any atom is 0.164 e. The lowest BCUT2D eigenvalue weighted by molar-refractivity contribution is 0.668. The van der Waals surface area contributed by atoms with Crippen molar-refractivity contribution in [3.8, 4) is 45.3 Å². The van der Waals surface area contributed by atoms with E-state index in [1.807, 2.05) is 72.8 Å². The molecular formula is C43H25N3O2. The molecule has 0 aliphatic heterocycles. The van der Waals surface area contributed by atoms with Crippen molar-refractivity contribution in [2.75, 3.05) is 0 Å². The van der Waals surface area contributed by atoms with Crippen LogP contribution >= 0.6 is 0 Å². The molecule has 224 valence electrons. The molecule has 0 bridgehead atoms. The van der Waals surface area contributed by atoms with Crippen LogP contribution in [0.2, 0.25) is 0 Å². The summed E-state index contributed by atoms with van der Waals surface area (Å²) in [6, 6.07) is 51.6. The van der Waals surface area contributed by atoms with Crippen LogP contribution in [0.3, 0.4) is 0 Å². The molecule has 0 saturated carbocycles. The Hall–Kier alpha value is -6.59. The van der Waals surface area contributed by atoms with Crippen LogP contribution in [0.1, 0.15) is 0 Å². The summed E-state index contributed by atoms with van der Waals surface area (Å²) in [7, 11) is 0. The standard InChI is InChI=1S/C43H25N3O2/c1-3-11-27(12-4-1)41-44-42(28-13-5-2-6-14-28)46-43(45-41)34-16-9-17-35-40(34)33-22-19-30(25-38(33)47-35)29-18-21-32-37(24-29)48-36-23-20-26-10-7-8-15-31(26)39(32)36/h1-25H. The molecule has 5 nitrogen and oxygen atoms in total. The fraction of sp³-hybridized carbons (Fsp3) is 0. The number of rotatable bonds is 4. The first kappa shape index (κ1) is 26.6. The number of furan rings is 2. The molecule has 48 heavy (non-hydrogen) atoms. The molecule has 0 amide bonds. The van der Waals surface area contributed by atoms with Gasteiger partial charge in [-0.1, -0.05) is 115 Å². The van der Waals surface area contributed by atoms with Crippen LogP contribution < -0.4 is 0 Å². The van der Waals surface area contributed by atoms with E-state index in [1.54, 1.807) is 0 Å². The van der Waals surface area contributed by atoms with Gasteiger partial charge in [0.15, 0.2) is 17.5 Å². The summed E-state index contributed by atoms with van der Waals surface area (Å²) >= 11 is 0. The van der Waals surface area contributed by atoms with E-state index in [4.69, 9.17) is 23.8 Å². The van der Waals surface area contributed by atoms with Crippen LogP contribution in [0.25, 0.3) is 99.9 Å². The second-order valence-corrected chi connectivity index (χ2v) is 12.0. The fourth-order valence-corrected chi connectivity index (χ4v) is 6.85. The lowest BCUT2D eigenvalue weighted by Gasteiger charge is -2.09. The highest BCUT2D eigenvalue weighted by atomic mass is 16.3. The summed E-state index contributed by atoms with van der Waals surface area (Å²) in [6.07, 6.45) is 0. The van der Waals surface area contributed by atoms with Crippen LogP contribution in [0.4, 0.5) is 0 Å². The average Bonchev–Trinajstić information content (AvgIpc) is 3.73. The van der Waals surface area contributed by atoms with Crippen LogP contribution in [0, 0.1) is 0 Å². The van der Waals surface area contributed by atoms with Crippen LogP contribution in [-0.2, 0) is 0 Å². The van der Waals surface area contributed by atoms with Crippen molar-refractivity contribution in [2.24, 2.45) is 0 Å². The molecule has 7 aromatic carbocycles. The summed E-state index contributed by atoms with van der Waals surface area (Å²) in [5.74, 6) is 1.85. The van der Waals surface area contributed by atoms with E-state index < -0.39 is 0 Å². The van der Waals surface area contributed by atoms with Gasteiger partial charge in [-0.15, -0.1) is 0 Å². The summed E-state index contributed by atoms with van der Waals surface area (Å²) in [4.78, 5) is 14.9. The first-order valence-electron chi connectivity index (χ1n) is 15.9. The van der Waals surface area contributed by atoms with E-state index in [-0.39, 0.29) is 0 Å². The van der Waals surface area contributed by atoms with Crippen molar-refractivity contribution in [3.05, 3.63) is 152 Å². The first-order chi connectivity index (χ1) is 23.8. The van der Waals surface area contributed by atoms with Gasteiger partial charge in [0.2, 0.25) is 0 Å². The molecule has 10 rings (SSSR count). The zero-order chi connectivity index (χ0) is 31.6. The second kappa shape index (κ2) is 10.5. The zero-order valence-corrected chi connectivity index (χ0v) is 25.6. The minimum atomic E-state index is 0.600. The van der Waals surface area contributed by atoms with Gasteiger partial charge in [-0.05, 0) is 58.3 Å². The van der Waals surface area contributed by atoms with Crippen molar-refractivity contribution < 1.29 is 8.83 Å². The van der Waals surface area contributed by atoms with Crippen molar-refractivity contribution in [1.82, 2.24) is 15.0 Å². The second-order valence-electron chi connectivity index (χ2n) is 12.0. The molecule has 0 aliphatic rings. The number of hydrogen-bond donors (Lipinski definition) is 0. The highest BCUT2D eigenvalue weighted by Crippen LogP contribution is 2.40. The Bertz CT molecular complexity index is 2780. The van der Waals surface area contributed by atoms with Crippen LogP contribution in [-0.4, -0.2) is 15.0 Å². The van der Waals surface area contributed by atoms with Gasteiger partial charge >= 0.3 is 0 Å². The number of hydrogen-bond acceptors (Lipinski definition) is 5. The molecule has 3 aromatic heterocycles. The van der Waals surface area contributed by atoms with Crippen LogP contribution in [0.15, 0.2) is 160 Å². The summed E-state index contributed by atoms with van der Waals surface area (Å²) < 4.78 is 12.9. The van der Waals surface area contributed by atoms with Gasteiger partial charge in [-0.3, -0.25) is 0 Å². The van der Waals surface area contributed by atoms with Gasteiger partial charge in [0.25, 0.3) is 0 Å². The largest absolute Gasteiger partial charge is 0.456 e. The van der Waals surface area contributed by atoms with Gasteiger partial charge in [-0.25, -0.2) is 15.0 Å². The lowest BCUT2D eigenvalue weighted by Crippen LogP contribution is -2.00. The Morgan fingerprint density at radius 1 is 0.333 bits per heavy atom. The summed E-state index contributed by atoms with van der Waals surface area (Å²) in [5, 5.41) is 6.65. The third kappa shape index (κ3) is 4.22. The molecule has 0 radical (unpaired) electrons. The number of nitrogens with zero attached hydrogens (tertiary/aromatic N) is 3. The molecule has 0 atom stereocenters. The lowest BCUT2D eigenvalue weighted by atomic mass is 9.99. The topological polar surface area (TPSA) is 65.0 Å². The third-order valence-electron chi connectivity index (χ3n) is 9.13. The third-order valence-corrected chi connectivity index (χ3v) is 9.13. The number of benzene rings is 7. The van der Waals surface area contributed by atoms with E-state index in [0.717, 1.165) is 71.7 Å². The normalized spacial score (nSPS) is 11.8. The molecule has 0 unspecified atom stereocenters. The predicted molar refractivity (Wildman–Crippen MR) is 194 cm³/mol. The minimum Gasteiger partial charge on any atom is -0.456 e. The Labute approximate surface area is 274 Å². The molecule has 0 saturated heterocycles. The van der Waals surface area contributed by atoms with Gasteiger partial charge in [0, 0.05) is 38.2 Å². The first-order valence-corrected chi connectivity index (χ1v) is 15.9. The van der Waals surface area contributed by atoms with E-state index >= 15 is 0 Å². The quantitative estimate of drug-likeness (QED) is 0.197. The molecule has 10 aromatic rings. The van der Waals surface area contributed by atoms with E-state index in [1.165, 1.54) is 10.8 Å². The van der Waals surface area contributed by atoms with Crippen molar-refractivity contribution in [3.63, 3.8) is 0 Å². The smallest absolute Gasteiger partial charge is 0.164 e. The van der Waals surface area contributed by atoms with E-state index in [2.05, 4.69) is 78.9 Å². The Morgan fingerprint density at radius 2 is 0.896 bits per heavy atom. The molecule has 0 N–H and O–H groups in total. The van der Waals surface area contributed by atoms with Gasteiger partial charge < -0.3 is 8.83 Å². The summed E-state index contributed by atoms with van der Waals surface area (Å²) in [6.45, 7) is 0. The number of aromatic nitrogens is 3. The van der Waals surface area contributed by atoms with Crippen molar-refractivity contribution in [2.45, 2.75) is 0 Å². The highest BCUT2D eigenvalue weighted by Gasteiger charge is 2.19. The average molecular weight is 616 g/mol. The molecular weight excluding hydrogens is 590 g/mol. The molecule has 0 spiro atoms. The van der Waals surface area contributed by atoms with Crippen molar-refractivity contribution in [1.29, 1.82) is 0 Å². The van der Waals surface area contributed by atoms with Gasteiger partial charge in [0.05, 0.1) is 0 Å². The molecule has 0 aliphatic carbocycles. The molecule has 0 fully saturated rings.